The normalized spacial score (nSPS) is 43.6. The standard InChI is InChI=1S/C12H22O11.CH5N3S/c13-1-3-5(15)6(16)9(19)12(22-3)23-10-4(2-14)21-11(20)8(18)7(10)17;2-1(5)4-3/h3-20H,1-2H2;3H2,(H3,2,4,5)/t3-,4-,5+,6+,7-,8-,9-,10-,11?,12+;/m1./s1. The van der Waals surface area contributed by atoms with E-state index in [1.807, 2.05) is 5.43 Å². The van der Waals surface area contributed by atoms with Crippen molar-refractivity contribution in [3.8, 4) is 0 Å². The average Bonchev–Trinajstić information content (AvgIpc) is 2.68. The van der Waals surface area contributed by atoms with Gasteiger partial charge in [0.25, 0.3) is 0 Å². The van der Waals surface area contributed by atoms with Gasteiger partial charge in [-0.05, 0) is 12.2 Å². The van der Waals surface area contributed by atoms with Crippen LogP contribution in [-0.4, -0.2) is 121 Å². The molecule has 28 heavy (non-hydrogen) atoms. The fourth-order valence-corrected chi connectivity index (χ4v) is 2.57. The fraction of sp³-hybridized carbons (Fsp3) is 0.923. The van der Waals surface area contributed by atoms with Crippen LogP contribution in [0.15, 0.2) is 0 Å². The zero-order chi connectivity index (χ0) is 21.6. The van der Waals surface area contributed by atoms with Gasteiger partial charge in [-0.1, -0.05) is 0 Å². The van der Waals surface area contributed by atoms with Gasteiger partial charge >= 0.3 is 0 Å². The first-order valence-corrected chi connectivity index (χ1v) is 8.52. The molecule has 2 heterocycles. The third-order valence-electron chi connectivity index (χ3n) is 4.12. The number of ether oxygens (including phenoxy) is 3. The molecule has 2 saturated heterocycles. The molecule has 2 rings (SSSR count). The van der Waals surface area contributed by atoms with E-state index in [-0.39, 0.29) is 5.11 Å². The van der Waals surface area contributed by atoms with Gasteiger partial charge in [0.15, 0.2) is 17.7 Å². The van der Waals surface area contributed by atoms with Crippen LogP contribution in [0, 0.1) is 0 Å². The highest BCUT2D eigenvalue weighted by atomic mass is 32.1. The molecule has 2 aliphatic rings. The quantitative estimate of drug-likeness (QED) is 0.112. The Bertz CT molecular complexity index is 489. The van der Waals surface area contributed by atoms with E-state index in [0.29, 0.717) is 0 Å². The lowest BCUT2D eigenvalue weighted by Crippen LogP contribution is -2.64. The lowest BCUT2D eigenvalue weighted by Gasteiger charge is -2.45. The van der Waals surface area contributed by atoms with Crippen molar-refractivity contribution in [2.24, 2.45) is 11.6 Å². The number of aliphatic hydroxyl groups is 8. The number of hydrogen-bond acceptors (Lipinski definition) is 13. The lowest BCUT2D eigenvalue weighted by molar-refractivity contribution is -0.355. The Labute approximate surface area is 164 Å². The maximum absolute atomic E-state index is 9.94. The highest BCUT2D eigenvalue weighted by Crippen LogP contribution is 2.28. The van der Waals surface area contributed by atoms with Crippen molar-refractivity contribution in [3.63, 3.8) is 0 Å². The Hall–Kier alpha value is -0.790. The van der Waals surface area contributed by atoms with Crippen LogP contribution in [0.5, 0.6) is 0 Å². The van der Waals surface area contributed by atoms with Gasteiger partial charge in [-0.15, -0.1) is 0 Å². The smallest absolute Gasteiger partial charge is 0.187 e. The summed E-state index contributed by atoms with van der Waals surface area (Å²) in [7, 11) is 0. The number of thiocarbonyl (C=S) groups is 1. The van der Waals surface area contributed by atoms with Crippen molar-refractivity contribution in [3.05, 3.63) is 0 Å². The second-order valence-electron chi connectivity index (χ2n) is 6.04. The third-order valence-corrected chi connectivity index (χ3v) is 4.24. The van der Waals surface area contributed by atoms with Crippen molar-refractivity contribution in [1.29, 1.82) is 0 Å². The largest absolute Gasteiger partial charge is 0.394 e. The summed E-state index contributed by atoms with van der Waals surface area (Å²) >= 11 is 4.24. The predicted octanol–water partition coefficient (Wildman–Crippen LogP) is -6.70. The topological polar surface area (TPSA) is 254 Å². The number of aliphatic hydroxyl groups excluding tert-OH is 8. The summed E-state index contributed by atoms with van der Waals surface area (Å²) in [5, 5.41) is 76.6. The fourth-order valence-electron chi connectivity index (χ4n) is 2.57. The highest BCUT2D eigenvalue weighted by Gasteiger charge is 2.50. The van der Waals surface area contributed by atoms with E-state index in [9.17, 15) is 35.7 Å². The van der Waals surface area contributed by atoms with Gasteiger partial charge in [-0.25, -0.2) is 5.84 Å². The SMILES string of the molecule is NNC(N)=S.OC[C@H]1O[C@@H](O[C@H]2[C@H](O)[C@@H](O)C(O)O[C@@H]2CO)[C@H](O)[C@@H](O)[C@H]1O. The first kappa shape index (κ1) is 25.2. The first-order valence-electron chi connectivity index (χ1n) is 8.11. The molecule has 0 aromatic carbocycles. The molecule has 0 aliphatic carbocycles. The predicted molar refractivity (Wildman–Crippen MR) is 92.7 cm³/mol. The van der Waals surface area contributed by atoms with E-state index in [4.69, 9.17) is 25.1 Å². The van der Waals surface area contributed by atoms with E-state index in [0.717, 1.165) is 0 Å². The zero-order valence-corrected chi connectivity index (χ0v) is 15.4. The monoisotopic (exact) mass is 433 g/mol. The van der Waals surface area contributed by atoms with Gasteiger partial charge in [-0.3, -0.25) is 0 Å². The van der Waals surface area contributed by atoms with Gasteiger partial charge in [0.2, 0.25) is 0 Å². The first-order chi connectivity index (χ1) is 13.1. The van der Waals surface area contributed by atoms with Gasteiger partial charge in [0, 0.05) is 0 Å². The molecule has 0 bridgehead atoms. The van der Waals surface area contributed by atoms with Crippen LogP contribution >= 0.6 is 12.2 Å². The number of nitrogens with two attached hydrogens (primary N) is 2. The van der Waals surface area contributed by atoms with E-state index < -0.39 is 74.6 Å². The Kier molecular flexibility index (Phi) is 10.3. The van der Waals surface area contributed by atoms with Gasteiger partial charge < -0.3 is 66.2 Å². The summed E-state index contributed by atoms with van der Waals surface area (Å²) in [5.41, 5.74) is 6.82. The number of hydrazine groups is 1. The van der Waals surface area contributed by atoms with Crippen LogP contribution in [0.25, 0.3) is 0 Å². The van der Waals surface area contributed by atoms with Crippen molar-refractivity contribution in [2.45, 2.75) is 61.4 Å². The molecular weight excluding hydrogens is 406 g/mol. The minimum atomic E-state index is -1.74. The van der Waals surface area contributed by atoms with Crippen molar-refractivity contribution >= 4 is 17.3 Å². The van der Waals surface area contributed by atoms with E-state index >= 15 is 0 Å². The van der Waals surface area contributed by atoms with E-state index in [1.54, 1.807) is 0 Å². The summed E-state index contributed by atoms with van der Waals surface area (Å²) in [6, 6.07) is 0. The summed E-state index contributed by atoms with van der Waals surface area (Å²) in [4.78, 5) is 0. The molecular formula is C13H27N3O11S. The minimum absolute atomic E-state index is 0.116. The van der Waals surface area contributed by atoms with Crippen molar-refractivity contribution < 1.29 is 55.1 Å². The Balaban J connectivity index is 0.000000696. The molecule has 0 aromatic heterocycles. The molecule has 15 heteroatoms. The molecule has 1 unspecified atom stereocenters. The molecule has 0 radical (unpaired) electrons. The van der Waals surface area contributed by atoms with Crippen LogP contribution in [0.2, 0.25) is 0 Å². The molecule has 0 amide bonds. The van der Waals surface area contributed by atoms with Gasteiger partial charge in [-0.2, -0.15) is 0 Å². The van der Waals surface area contributed by atoms with Gasteiger partial charge in [0.1, 0.15) is 48.8 Å². The average molecular weight is 433 g/mol. The number of hydrogen-bond donors (Lipinski definition) is 11. The van der Waals surface area contributed by atoms with Crippen LogP contribution in [0.1, 0.15) is 0 Å². The summed E-state index contributed by atoms with van der Waals surface area (Å²) in [6.07, 6.45) is -15.6. The summed E-state index contributed by atoms with van der Waals surface area (Å²) in [5.74, 6) is 4.66. The van der Waals surface area contributed by atoms with Crippen molar-refractivity contribution in [1.82, 2.24) is 5.43 Å². The molecule has 2 fully saturated rings. The Morgan fingerprint density at radius 3 is 1.86 bits per heavy atom. The molecule has 0 spiro atoms. The molecule has 166 valence electrons. The molecule has 14 nitrogen and oxygen atoms in total. The Morgan fingerprint density at radius 1 is 0.857 bits per heavy atom. The number of rotatable bonds is 4. The van der Waals surface area contributed by atoms with Crippen molar-refractivity contribution in [2.75, 3.05) is 13.2 Å². The summed E-state index contributed by atoms with van der Waals surface area (Å²) in [6.45, 7) is -1.35. The van der Waals surface area contributed by atoms with E-state index in [1.165, 1.54) is 0 Å². The number of nitrogens with one attached hydrogen (secondary N) is 1. The Morgan fingerprint density at radius 2 is 1.39 bits per heavy atom. The minimum Gasteiger partial charge on any atom is -0.394 e. The zero-order valence-electron chi connectivity index (χ0n) is 14.6. The van der Waals surface area contributed by atoms with Crippen LogP contribution in [0.3, 0.4) is 0 Å². The van der Waals surface area contributed by atoms with Gasteiger partial charge in [0.05, 0.1) is 13.2 Å². The van der Waals surface area contributed by atoms with Crippen LogP contribution < -0.4 is 17.0 Å². The molecule has 0 aromatic rings. The molecule has 10 atom stereocenters. The van der Waals surface area contributed by atoms with Crippen LogP contribution in [0.4, 0.5) is 0 Å². The highest BCUT2D eigenvalue weighted by molar-refractivity contribution is 7.80. The summed E-state index contributed by atoms with van der Waals surface area (Å²) < 4.78 is 15.3. The maximum Gasteiger partial charge on any atom is 0.187 e. The molecule has 2 aliphatic heterocycles. The van der Waals surface area contributed by atoms with Crippen LogP contribution in [-0.2, 0) is 14.2 Å². The lowest BCUT2D eigenvalue weighted by atomic mass is 9.97. The second-order valence-corrected chi connectivity index (χ2v) is 6.48. The third kappa shape index (κ3) is 6.10. The molecule has 0 saturated carbocycles. The molecule has 13 N–H and O–H groups in total. The second kappa shape index (κ2) is 11.4. The maximum atomic E-state index is 9.94. The van der Waals surface area contributed by atoms with E-state index in [2.05, 4.69) is 18.1 Å².